The zero-order chi connectivity index (χ0) is 13.7. The minimum absolute atomic E-state index is 0.186. The maximum atomic E-state index is 11.9. The Bertz CT molecular complexity index is 556. The Kier molecular flexibility index (Phi) is 4.90. The average Bonchev–Trinajstić information content (AvgIpc) is 2.89. The van der Waals surface area contributed by atoms with Crippen LogP contribution in [-0.4, -0.2) is 52.7 Å². The molecule has 8 heteroatoms. The van der Waals surface area contributed by atoms with Crippen LogP contribution in [0.25, 0.3) is 0 Å². The molecule has 0 atom stereocenters. The molecule has 1 N–H and O–H groups in total. The van der Waals surface area contributed by atoms with Crippen LogP contribution in [0.15, 0.2) is 16.3 Å². The molecule has 2 rings (SSSR count). The van der Waals surface area contributed by atoms with Crippen LogP contribution in [0.2, 0.25) is 0 Å². The second-order valence-electron chi connectivity index (χ2n) is 4.08. The predicted molar refractivity (Wildman–Crippen MR) is 71.5 cm³/mol. The lowest BCUT2D eigenvalue weighted by molar-refractivity contribution is 0.0390. The Hall–Kier alpha value is -0.980. The van der Waals surface area contributed by atoms with Crippen molar-refractivity contribution in [2.45, 2.75) is 4.21 Å². The van der Waals surface area contributed by atoms with E-state index in [1.807, 2.05) is 6.07 Å². The molecule has 0 unspecified atom stereocenters. The van der Waals surface area contributed by atoms with Crippen LogP contribution < -0.4 is 4.72 Å². The molecule has 0 radical (unpaired) electrons. The highest BCUT2D eigenvalue weighted by Crippen LogP contribution is 2.20. The largest absolute Gasteiger partial charge is 0.379 e. The van der Waals surface area contributed by atoms with E-state index in [-0.39, 0.29) is 4.21 Å². The number of hydrogen-bond donors (Lipinski definition) is 1. The molecule has 0 bridgehead atoms. The summed E-state index contributed by atoms with van der Waals surface area (Å²) in [6.07, 6.45) is 0. The van der Waals surface area contributed by atoms with Crippen molar-refractivity contribution in [3.05, 3.63) is 17.0 Å². The van der Waals surface area contributed by atoms with Crippen LogP contribution in [0.5, 0.6) is 0 Å². The molecule has 6 nitrogen and oxygen atoms in total. The van der Waals surface area contributed by atoms with Gasteiger partial charge in [0.05, 0.1) is 13.2 Å². The van der Waals surface area contributed by atoms with Gasteiger partial charge in [-0.25, -0.2) is 13.1 Å². The first-order valence-corrected chi connectivity index (χ1v) is 8.21. The van der Waals surface area contributed by atoms with Gasteiger partial charge in [-0.1, -0.05) is 0 Å². The fraction of sp³-hybridized carbons (Fsp3) is 0.545. The van der Waals surface area contributed by atoms with Crippen molar-refractivity contribution in [2.24, 2.45) is 0 Å². The fourth-order valence-corrected chi connectivity index (χ4v) is 3.93. The van der Waals surface area contributed by atoms with Gasteiger partial charge in [0.15, 0.2) is 0 Å². The van der Waals surface area contributed by atoms with Crippen molar-refractivity contribution in [3.63, 3.8) is 0 Å². The lowest BCUT2D eigenvalue weighted by atomic mass is 10.4. The summed E-state index contributed by atoms with van der Waals surface area (Å²) in [5.41, 5.74) is 0. The van der Waals surface area contributed by atoms with Crippen LogP contribution in [0.4, 0.5) is 0 Å². The van der Waals surface area contributed by atoms with Crippen LogP contribution in [0.1, 0.15) is 4.88 Å². The number of hydrogen-bond acceptors (Lipinski definition) is 6. The molecule has 19 heavy (non-hydrogen) atoms. The smallest absolute Gasteiger partial charge is 0.250 e. The average molecular weight is 301 g/mol. The van der Waals surface area contributed by atoms with Gasteiger partial charge in [0.1, 0.15) is 15.2 Å². The number of nitrogens with one attached hydrogen (secondary N) is 1. The molecule has 1 saturated heterocycles. The molecule has 0 amide bonds. The summed E-state index contributed by atoms with van der Waals surface area (Å²) in [5.74, 6) is 0. The van der Waals surface area contributed by atoms with Gasteiger partial charge in [-0.15, -0.1) is 11.3 Å². The van der Waals surface area contributed by atoms with E-state index < -0.39 is 10.0 Å². The van der Waals surface area contributed by atoms with Crippen molar-refractivity contribution in [2.75, 3.05) is 39.4 Å². The minimum atomic E-state index is -3.49. The third kappa shape index (κ3) is 3.99. The lowest BCUT2D eigenvalue weighted by Gasteiger charge is -2.26. The summed E-state index contributed by atoms with van der Waals surface area (Å²) in [6, 6.07) is 4.91. The van der Waals surface area contributed by atoms with Gasteiger partial charge in [-0.3, -0.25) is 4.90 Å². The topological polar surface area (TPSA) is 82.4 Å². The maximum absolute atomic E-state index is 11.9. The zero-order valence-corrected chi connectivity index (χ0v) is 12.0. The third-order valence-corrected chi connectivity index (χ3v) is 5.72. The molecule has 2 heterocycles. The Balaban J connectivity index is 1.85. The van der Waals surface area contributed by atoms with Gasteiger partial charge >= 0.3 is 0 Å². The Morgan fingerprint density at radius 3 is 2.79 bits per heavy atom. The Morgan fingerprint density at radius 2 is 2.16 bits per heavy atom. The van der Waals surface area contributed by atoms with Gasteiger partial charge in [0.25, 0.3) is 0 Å². The normalized spacial score (nSPS) is 17.2. The zero-order valence-electron chi connectivity index (χ0n) is 10.3. The number of rotatable bonds is 5. The first-order valence-electron chi connectivity index (χ1n) is 5.91. The number of morpholine rings is 1. The summed E-state index contributed by atoms with van der Waals surface area (Å²) < 4.78 is 31.9. The molecule has 1 aromatic heterocycles. The number of sulfonamides is 1. The molecule has 1 fully saturated rings. The molecular weight excluding hydrogens is 286 g/mol. The monoisotopic (exact) mass is 301 g/mol. The predicted octanol–water partition coefficient (Wildman–Crippen LogP) is 0.230. The van der Waals surface area contributed by atoms with Gasteiger partial charge in [-0.05, 0) is 12.1 Å². The van der Waals surface area contributed by atoms with Crippen LogP contribution in [0, 0.1) is 11.3 Å². The van der Waals surface area contributed by atoms with Crippen molar-refractivity contribution in [1.82, 2.24) is 9.62 Å². The summed E-state index contributed by atoms with van der Waals surface area (Å²) >= 11 is 0.981. The fourth-order valence-electron chi connectivity index (χ4n) is 1.76. The highest BCUT2D eigenvalue weighted by Gasteiger charge is 2.17. The second kappa shape index (κ2) is 6.45. The molecule has 1 aliphatic heterocycles. The number of nitriles is 1. The number of thiophene rings is 1. The number of ether oxygens (including phenoxy) is 1. The van der Waals surface area contributed by atoms with E-state index in [0.29, 0.717) is 31.2 Å². The Labute approximate surface area is 116 Å². The minimum Gasteiger partial charge on any atom is -0.379 e. The Morgan fingerprint density at radius 1 is 1.42 bits per heavy atom. The van der Waals surface area contributed by atoms with E-state index in [4.69, 9.17) is 10.00 Å². The first kappa shape index (κ1) is 14.4. The summed E-state index contributed by atoms with van der Waals surface area (Å²) in [5, 5.41) is 8.69. The molecule has 0 saturated carbocycles. The van der Waals surface area contributed by atoms with Gasteiger partial charge < -0.3 is 4.74 Å². The molecule has 104 valence electrons. The number of nitrogens with zero attached hydrogens (tertiary/aromatic N) is 2. The molecule has 0 aromatic carbocycles. The quantitative estimate of drug-likeness (QED) is 0.842. The van der Waals surface area contributed by atoms with E-state index in [1.165, 1.54) is 12.1 Å². The standard InChI is InChI=1S/C11H15N3O3S2/c12-9-10-1-2-11(18-10)19(15,16)13-3-4-14-5-7-17-8-6-14/h1-2,13H,3-8H2. The van der Waals surface area contributed by atoms with Crippen molar-refractivity contribution < 1.29 is 13.2 Å². The molecule has 1 aliphatic rings. The molecule has 0 aliphatic carbocycles. The van der Waals surface area contributed by atoms with Crippen molar-refractivity contribution in [1.29, 1.82) is 5.26 Å². The molecular formula is C11H15N3O3S2. The molecule has 0 spiro atoms. The molecule has 1 aromatic rings. The van der Waals surface area contributed by atoms with Crippen LogP contribution in [0.3, 0.4) is 0 Å². The van der Waals surface area contributed by atoms with Gasteiger partial charge in [0.2, 0.25) is 10.0 Å². The maximum Gasteiger partial charge on any atom is 0.250 e. The lowest BCUT2D eigenvalue weighted by Crippen LogP contribution is -2.41. The van der Waals surface area contributed by atoms with Crippen molar-refractivity contribution in [3.8, 4) is 6.07 Å². The van der Waals surface area contributed by atoms with Gasteiger partial charge in [-0.2, -0.15) is 5.26 Å². The van der Waals surface area contributed by atoms with E-state index in [1.54, 1.807) is 0 Å². The van der Waals surface area contributed by atoms with Crippen LogP contribution in [-0.2, 0) is 14.8 Å². The highest BCUT2D eigenvalue weighted by atomic mass is 32.2. The van der Waals surface area contributed by atoms with E-state index in [0.717, 1.165) is 24.4 Å². The summed E-state index contributed by atoms with van der Waals surface area (Å²) in [4.78, 5) is 2.55. The summed E-state index contributed by atoms with van der Waals surface area (Å²) in [6.45, 7) is 4.09. The van der Waals surface area contributed by atoms with E-state index in [9.17, 15) is 8.42 Å². The van der Waals surface area contributed by atoms with Gasteiger partial charge in [0, 0.05) is 26.2 Å². The van der Waals surface area contributed by atoms with E-state index >= 15 is 0 Å². The van der Waals surface area contributed by atoms with E-state index in [2.05, 4.69) is 9.62 Å². The van der Waals surface area contributed by atoms with Crippen LogP contribution >= 0.6 is 11.3 Å². The SMILES string of the molecule is N#Cc1ccc(S(=O)(=O)NCCN2CCOCC2)s1. The highest BCUT2D eigenvalue weighted by molar-refractivity contribution is 7.91. The first-order chi connectivity index (χ1) is 9.12. The van der Waals surface area contributed by atoms with Crippen molar-refractivity contribution >= 4 is 21.4 Å². The second-order valence-corrected chi connectivity index (χ2v) is 7.16. The summed E-state index contributed by atoms with van der Waals surface area (Å²) in [7, 11) is -3.49. The third-order valence-electron chi connectivity index (χ3n) is 2.78.